The minimum atomic E-state index is 0.785. The molecule has 0 amide bonds. The number of likely N-dealkylation sites (N-methyl/N-ethyl adjacent to an activating group) is 1. The van der Waals surface area contributed by atoms with Crippen LogP contribution in [0.4, 0.5) is 5.69 Å². The largest absolute Gasteiger partial charge is 0.369 e. The lowest BCUT2D eigenvalue weighted by atomic mass is 10.0. The van der Waals surface area contributed by atoms with Crippen molar-refractivity contribution in [1.29, 1.82) is 0 Å². The fourth-order valence-corrected chi connectivity index (χ4v) is 2.81. The van der Waals surface area contributed by atoms with Crippen molar-refractivity contribution in [2.75, 3.05) is 38.1 Å². The van der Waals surface area contributed by atoms with Gasteiger partial charge in [-0.15, -0.1) is 0 Å². The van der Waals surface area contributed by atoms with Crippen molar-refractivity contribution < 1.29 is 0 Å². The lowest BCUT2D eigenvalue weighted by Crippen LogP contribution is -2.44. The molecule has 0 spiro atoms. The van der Waals surface area contributed by atoms with Gasteiger partial charge in [0.1, 0.15) is 0 Å². The molecule has 1 saturated heterocycles. The summed E-state index contributed by atoms with van der Waals surface area (Å²) in [6.07, 6.45) is 0. The molecule has 0 atom stereocenters. The highest BCUT2D eigenvalue weighted by atomic mass is 35.5. The summed E-state index contributed by atoms with van der Waals surface area (Å²) in [6.45, 7) is 4.44. The van der Waals surface area contributed by atoms with Gasteiger partial charge in [-0.3, -0.25) is 0 Å². The molecule has 2 nitrogen and oxygen atoms in total. The first-order chi connectivity index (χ1) is 9.72. The molecule has 1 aliphatic rings. The molecule has 104 valence electrons. The van der Waals surface area contributed by atoms with Gasteiger partial charge in [-0.05, 0) is 42.4 Å². The molecule has 3 rings (SSSR count). The number of nitrogens with zero attached hydrogens (tertiary/aromatic N) is 2. The van der Waals surface area contributed by atoms with Gasteiger partial charge in [0.2, 0.25) is 0 Å². The molecular weight excluding hydrogens is 268 g/mol. The molecule has 0 unspecified atom stereocenters. The van der Waals surface area contributed by atoms with Crippen molar-refractivity contribution in [1.82, 2.24) is 4.90 Å². The van der Waals surface area contributed by atoms with Gasteiger partial charge in [0.05, 0.1) is 0 Å². The molecule has 0 aliphatic carbocycles. The van der Waals surface area contributed by atoms with E-state index in [9.17, 15) is 0 Å². The summed E-state index contributed by atoms with van der Waals surface area (Å²) in [6, 6.07) is 16.8. The summed E-state index contributed by atoms with van der Waals surface area (Å²) >= 11 is 6.08. The quantitative estimate of drug-likeness (QED) is 0.829. The molecule has 3 heteroatoms. The van der Waals surface area contributed by atoms with Crippen LogP contribution in [0.15, 0.2) is 48.5 Å². The second-order valence-corrected chi connectivity index (χ2v) is 5.79. The van der Waals surface area contributed by atoms with E-state index in [1.165, 1.54) is 16.8 Å². The van der Waals surface area contributed by atoms with Gasteiger partial charge in [0.25, 0.3) is 0 Å². The number of hydrogen-bond acceptors (Lipinski definition) is 2. The van der Waals surface area contributed by atoms with Crippen molar-refractivity contribution >= 4 is 17.3 Å². The molecule has 0 aromatic heterocycles. The van der Waals surface area contributed by atoms with Crippen LogP contribution in [0.2, 0.25) is 5.02 Å². The Balaban J connectivity index is 1.86. The fourth-order valence-electron chi connectivity index (χ4n) is 2.61. The number of piperazine rings is 1. The predicted octanol–water partition coefficient (Wildman–Crippen LogP) is 3.76. The van der Waals surface area contributed by atoms with E-state index in [4.69, 9.17) is 11.6 Å². The fraction of sp³-hybridized carbons (Fsp3) is 0.294. The Hall–Kier alpha value is -1.51. The van der Waals surface area contributed by atoms with Crippen molar-refractivity contribution in [2.45, 2.75) is 0 Å². The Labute approximate surface area is 125 Å². The molecule has 0 radical (unpaired) electrons. The molecule has 20 heavy (non-hydrogen) atoms. The first-order valence-corrected chi connectivity index (χ1v) is 7.40. The van der Waals surface area contributed by atoms with E-state index in [0.717, 1.165) is 31.2 Å². The minimum absolute atomic E-state index is 0.785. The first kappa shape index (κ1) is 13.5. The van der Waals surface area contributed by atoms with E-state index >= 15 is 0 Å². The lowest BCUT2D eigenvalue weighted by molar-refractivity contribution is 0.313. The summed E-state index contributed by atoms with van der Waals surface area (Å²) in [5.74, 6) is 0. The summed E-state index contributed by atoms with van der Waals surface area (Å²) in [5.41, 5.74) is 3.70. The zero-order valence-corrected chi connectivity index (χ0v) is 12.5. The summed E-state index contributed by atoms with van der Waals surface area (Å²) < 4.78 is 0. The maximum absolute atomic E-state index is 6.08. The van der Waals surface area contributed by atoms with Crippen molar-refractivity contribution in [2.24, 2.45) is 0 Å². The van der Waals surface area contributed by atoms with Gasteiger partial charge < -0.3 is 9.80 Å². The molecule has 0 bridgehead atoms. The Kier molecular flexibility index (Phi) is 3.95. The van der Waals surface area contributed by atoms with Crippen LogP contribution in [-0.4, -0.2) is 38.1 Å². The third-order valence-corrected chi connectivity index (χ3v) is 4.11. The molecule has 2 aromatic rings. The van der Waals surface area contributed by atoms with Crippen LogP contribution in [-0.2, 0) is 0 Å². The number of halogens is 1. The number of rotatable bonds is 2. The van der Waals surface area contributed by atoms with Crippen LogP contribution < -0.4 is 4.90 Å². The van der Waals surface area contributed by atoms with Crippen molar-refractivity contribution in [3.8, 4) is 11.1 Å². The standard InChI is InChI=1S/C17H19ClN2/c1-19-8-10-20(11-9-19)17-7-3-5-15(13-17)14-4-2-6-16(18)12-14/h2-7,12-13H,8-11H2,1H3. The number of anilines is 1. The van der Waals surface area contributed by atoms with E-state index in [1.807, 2.05) is 18.2 Å². The third-order valence-electron chi connectivity index (χ3n) is 3.87. The smallest absolute Gasteiger partial charge is 0.0412 e. The zero-order chi connectivity index (χ0) is 13.9. The van der Waals surface area contributed by atoms with Gasteiger partial charge in [0, 0.05) is 36.9 Å². The minimum Gasteiger partial charge on any atom is -0.369 e. The molecule has 0 saturated carbocycles. The van der Waals surface area contributed by atoms with Crippen LogP contribution in [0.25, 0.3) is 11.1 Å². The Morgan fingerprint density at radius 2 is 1.50 bits per heavy atom. The third kappa shape index (κ3) is 2.97. The normalized spacial score (nSPS) is 16.4. The van der Waals surface area contributed by atoms with Crippen LogP contribution in [0.5, 0.6) is 0 Å². The highest BCUT2D eigenvalue weighted by molar-refractivity contribution is 6.30. The van der Waals surface area contributed by atoms with E-state index in [1.54, 1.807) is 0 Å². The Morgan fingerprint density at radius 1 is 0.850 bits per heavy atom. The summed E-state index contributed by atoms with van der Waals surface area (Å²) in [4.78, 5) is 4.82. The average molecular weight is 287 g/mol. The Bertz CT molecular complexity index is 589. The van der Waals surface area contributed by atoms with Crippen molar-refractivity contribution in [3.05, 3.63) is 53.6 Å². The first-order valence-electron chi connectivity index (χ1n) is 7.02. The molecule has 1 fully saturated rings. The van der Waals surface area contributed by atoms with E-state index in [-0.39, 0.29) is 0 Å². The highest BCUT2D eigenvalue weighted by Crippen LogP contribution is 2.27. The Morgan fingerprint density at radius 3 is 2.20 bits per heavy atom. The van der Waals surface area contributed by atoms with E-state index in [0.29, 0.717) is 0 Å². The SMILES string of the molecule is CN1CCN(c2cccc(-c3cccc(Cl)c3)c2)CC1. The molecule has 1 heterocycles. The van der Waals surface area contributed by atoms with Gasteiger partial charge in [0.15, 0.2) is 0 Å². The second kappa shape index (κ2) is 5.86. The van der Waals surface area contributed by atoms with Gasteiger partial charge in [-0.25, -0.2) is 0 Å². The summed E-state index contributed by atoms with van der Waals surface area (Å²) in [5, 5.41) is 0.785. The van der Waals surface area contributed by atoms with E-state index < -0.39 is 0 Å². The molecule has 1 aliphatic heterocycles. The van der Waals surface area contributed by atoms with Gasteiger partial charge in [-0.2, -0.15) is 0 Å². The van der Waals surface area contributed by atoms with Gasteiger partial charge >= 0.3 is 0 Å². The number of benzene rings is 2. The van der Waals surface area contributed by atoms with Crippen LogP contribution >= 0.6 is 11.6 Å². The predicted molar refractivity (Wildman–Crippen MR) is 86.6 cm³/mol. The summed E-state index contributed by atoms with van der Waals surface area (Å²) in [7, 11) is 2.18. The topological polar surface area (TPSA) is 6.48 Å². The highest BCUT2D eigenvalue weighted by Gasteiger charge is 2.14. The van der Waals surface area contributed by atoms with Crippen LogP contribution in [0, 0.1) is 0 Å². The molecule has 2 aromatic carbocycles. The van der Waals surface area contributed by atoms with E-state index in [2.05, 4.69) is 47.2 Å². The number of hydrogen-bond donors (Lipinski definition) is 0. The van der Waals surface area contributed by atoms with Crippen LogP contribution in [0.3, 0.4) is 0 Å². The maximum Gasteiger partial charge on any atom is 0.0412 e. The zero-order valence-electron chi connectivity index (χ0n) is 11.7. The van der Waals surface area contributed by atoms with Crippen LogP contribution in [0.1, 0.15) is 0 Å². The lowest BCUT2D eigenvalue weighted by Gasteiger charge is -2.34. The van der Waals surface area contributed by atoms with Crippen molar-refractivity contribution in [3.63, 3.8) is 0 Å². The average Bonchev–Trinajstić information content (AvgIpc) is 2.48. The van der Waals surface area contributed by atoms with Gasteiger partial charge in [-0.1, -0.05) is 35.9 Å². The maximum atomic E-state index is 6.08. The molecular formula is C17H19ClN2. The second-order valence-electron chi connectivity index (χ2n) is 5.35. The molecule has 0 N–H and O–H groups in total. The monoisotopic (exact) mass is 286 g/mol.